The van der Waals surface area contributed by atoms with Gasteiger partial charge in [0, 0.05) is 17.1 Å². The predicted octanol–water partition coefficient (Wildman–Crippen LogP) is 6.35. The number of ether oxygens (including phenoxy) is 1. The van der Waals surface area contributed by atoms with Crippen LogP contribution >= 0.6 is 11.6 Å². The molecule has 1 unspecified atom stereocenters. The van der Waals surface area contributed by atoms with Crippen molar-refractivity contribution in [2.75, 3.05) is 6.61 Å². The number of hydrogen-bond acceptors (Lipinski definition) is 3. The second kappa shape index (κ2) is 10.5. The summed E-state index contributed by atoms with van der Waals surface area (Å²) in [5.41, 5.74) is 3.67. The van der Waals surface area contributed by atoms with Crippen LogP contribution in [0.15, 0.2) is 72.8 Å². The molecule has 0 radical (unpaired) electrons. The molecule has 3 aromatic carbocycles. The minimum Gasteiger partial charge on any atom is -0.493 e. The van der Waals surface area contributed by atoms with E-state index in [0.717, 1.165) is 47.6 Å². The molecule has 1 atom stereocenters. The molecule has 0 spiro atoms. The molecule has 0 saturated carbocycles. The van der Waals surface area contributed by atoms with Gasteiger partial charge in [0.2, 0.25) is 0 Å². The van der Waals surface area contributed by atoms with Crippen molar-refractivity contribution in [2.24, 2.45) is 0 Å². The predicted molar refractivity (Wildman–Crippen MR) is 133 cm³/mol. The van der Waals surface area contributed by atoms with E-state index in [4.69, 9.17) is 21.3 Å². The molecular formula is C27H28ClN3O2. The number of amides is 1. The number of imidazole rings is 1. The van der Waals surface area contributed by atoms with Gasteiger partial charge >= 0.3 is 0 Å². The highest BCUT2D eigenvalue weighted by molar-refractivity contribution is 6.30. The van der Waals surface area contributed by atoms with Crippen LogP contribution in [0.3, 0.4) is 0 Å². The van der Waals surface area contributed by atoms with Crippen LogP contribution in [0.5, 0.6) is 5.75 Å². The molecule has 4 aromatic rings. The first-order valence-electron chi connectivity index (χ1n) is 11.2. The van der Waals surface area contributed by atoms with Crippen LogP contribution in [0.2, 0.25) is 5.02 Å². The Balaban J connectivity index is 1.44. The third-order valence-electron chi connectivity index (χ3n) is 5.63. The van der Waals surface area contributed by atoms with Crippen LogP contribution in [0.1, 0.15) is 47.6 Å². The third kappa shape index (κ3) is 5.55. The first kappa shape index (κ1) is 22.9. The van der Waals surface area contributed by atoms with Crippen molar-refractivity contribution in [3.63, 3.8) is 0 Å². The minimum absolute atomic E-state index is 0.171. The van der Waals surface area contributed by atoms with Crippen LogP contribution in [0.25, 0.3) is 11.0 Å². The lowest BCUT2D eigenvalue weighted by molar-refractivity contribution is 0.0937. The smallest absolute Gasteiger partial charge is 0.251 e. The van der Waals surface area contributed by atoms with Gasteiger partial charge in [-0.05, 0) is 68.7 Å². The Labute approximate surface area is 199 Å². The quantitative estimate of drug-likeness (QED) is 0.295. The van der Waals surface area contributed by atoms with Crippen molar-refractivity contribution >= 4 is 28.5 Å². The monoisotopic (exact) mass is 461 g/mol. The van der Waals surface area contributed by atoms with Gasteiger partial charge in [-0.2, -0.15) is 0 Å². The van der Waals surface area contributed by atoms with Crippen molar-refractivity contribution in [2.45, 2.75) is 39.3 Å². The number of carbonyl (C=O) groups excluding carboxylic acids is 1. The summed E-state index contributed by atoms with van der Waals surface area (Å²) >= 11 is 6.05. The minimum atomic E-state index is -0.257. The zero-order valence-corrected chi connectivity index (χ0v) is 19.7. The number of unbranched alkanes of at least 4 members (excludes halogenated alkanes) is 1. The highest BCUT2D eigenvalue weighted by Gasteiger charge is 2.19. The van der Waals surface area contributed by atoms with E-state index in [2.05, 4.69) is 28.9 Å². The van der Waals surface area contributed by atoms with Gasteiger partial charge in [0.25, 0.3) is 5.91 Å². The molecule has 33 heavy (non-hydrogen) atoms. The summed E-state index contributed by atoms with van der Waals surface area (Å²) in [7, 11) is 0. The van der Waals surface area contributed by atoms with Gasteiger partial charge < -0.3 is 14.6 Å². The zero-order valence-electron chi connectivity index (χ0n) is 18.9. The zero-order chi connectivity index (χ0) is 23.2. The molecule has 6 heteroatoms. The van der Waals surface area contributed by atoms with Gasteiger partial charge in [-0.3, -0.25) is 4.79 Å². The average molecular weight is 462 g/mol. The molecule has 170 valence electrons. The molecule has 1 amide bonds. The van der Waals surface area contributed by atoms with Crippen molar-refractivity contribution in [3.8, 4) is 5.75 Å². The number of halogens is 1. The lowest BCUT2D eigenvalue weighted by Crippen LogP contribution is -2.28. The van der Waals surface area contributed by atoms with Gasteiger partial charge in [-0.1, -0.05) is 48.0 Å². The molecular weight excluding hydrogens is 434 g/mol. The lowest BCUT2D eigenvalue weighted by atomic mass is 10.2. The second-order valence-corrected chi connectivity index (χ2v) is 8.57. The van der Waals surface area contributed by atoms with E-state index >= 15 is 0 Å². The summed E-state index contributed by atoms with van der Waals surface area (Å²) in [6.45, 7) is 5.47. The fraction of sp³-hybridized carbons (Fsp3) is 0.259. The molecule has 5 nitrogen and oxygen atoms in total. The molecule has 0 aliphatic heterocycles. The summed E-state index contributed by atoms with van der Waals surface area (Å²) < 4.78 is 8.14. The van der Waals surface area contributed by atoms with E-state index in [0.29, 0.717) is 17.2 Å². The lowest BCUT2D eigenvalue weighted by Gasteiger charge is -2.17. The Morgan fingerprint density at radius 3 is 2.67 bits per heavy atom. The summed E-state index contributed by atoms with van der Waals surface area (Å²) in [4.78, 5) is 17.6. The number of nitrogens with one attached hydrogen (secondary N) is 1. The maximum absolute atomic E-state index is 12.7. The SMILES string of the molecule is Cc1ccccc1OCCCCn1c(C(C)NC(=O)c2cccc(Cl)c2)nc2ccccc21. The molecule has 0 saturated heterocycles. The van der Waals surface area contributed by atoms with Gasteiger partial charge in [-0.25, -0.2) is 4.98 Å². The van der Waals surface area contributed by atoms with Crippen molar-refractivity contribution in [1.29, 1.82) is 0 Å². The van der Waals surface area contributed by atoms with E-state index in [9.17, 15) is 4.79 Å². The Bertz CT molecular complexity index is 1250. The first-order chi connectivity index (χ1) is 16.0. The van der Waals surface area contributed by atoms with Crippen LogP contribution in [-0.4, -0.2) is 22.1 Å². The van der Waals surface area contributed by atoms with Crippen LogP contribution < -0.4 is 10.1 Å². The van der Waals surface area contributed by atoms with Crippen LogP contribution in [0.4, 0.5) is 0 Å². The number of hydrogen-bond donors (Lipinski definition) is 1. The number of aryl methyl sites for hydroxylation is 2. The highest BCUT2D eigenvalue weighted by atomic mass is 35.5. The average Bonchev–Trinajstić information content (AvgIpc) is 3.19. The van der Waals surface area contributed by atoms with Crippen LogP contribution in [-0.2, 0) is 6.54 Å². The van der Waals surface area contributed by atoms with E-state index in [-0.39, 0.29) is 11.9 Å². The maximum atomic E-state index is 12.7. The molecule has 0 aliphatic carbocycles. The molecule has 0 fully saturated rings. The van der Waals surface area contributed by atoms with Gasteiger partial charge in [0.05, 0.1) is 23.7 Å². The summed E-state index contributed by atoms with van der Waals surface area (Å²) in [6, 6.07) is 22.8. The standard InChI is InChI=1S/C27H28ClN3O2/c1-19-10-3-6-15-25(19)33-17-8-7-16-31-24-14-5-4-13-23(24)30-26(31)20(2)29-27(32)21-11-9-12-22(28)18-21/h3-6,9-15,18,20H,7-8,16-17H2,1-2H3,(H,29,32). The Morgan fingerprint density at radius 2 is 1.85 bits per heavy atom. The fourth-order valence-corrected chi connectivity index (χ4v) is 4.10. The number of benzene rings is 3. The number of para-hydroxylation sites is 3. The number of nitrogens with zero attached hydrogens (tertiary/aromatic N) is 2. The molecule has 0 aliphatic rings. The van der Waals surface area contributed by atoms with E-state index < -0.39 is 0 Å². The van der Waals surface area contributed by atoms with E-state index in [1.807, 2.05) is 43.3 Å². The Kier molecular flexibility index (Phi) is 7.30. The normalized spacial score (nSPS) is 12.0. The topological polar surface area (TPSA) is 56.1 Å². The summed E-state index contributed by atoms with van der Waals surface area (Å²) in [5, 5.41) is 3.60. The molecule has 1 heterocycles. The third-order valence-corrected chi connectivity index (χ3v) is 5.87. The largest absolute Gasteiger partial charge is 0.493 e. The maximum Gasteiger partial charge on any atom is 0.251 e. The van der Waals surface area contributed by atoms with Gasteiger partial charge in [-0.15, -0.1) is 0 Å². The molecule has 1 N–H and O–H groups in total. The number of aromatic nitrogens is 2. The number of fused-ring (bicyclic) bond motifs is 1. The highest BCUT2D eigenvalue weighted by Crippen LogP contribution is 2.23. The van der Waals surface area contributed by atoms with Crippen molar-refractivity contribution in [1.82, 2.24) is 14.9 Å². The van der Waals surface area contributed by atoms with Gasteiger partial charge in [0.15, 0.2) is 0 Å². The fourth-order valence-electron chi connectivity index (χ4n) is 3.91. The van der Waals surface area contributed by atoms with Crippen molar-refractivity contribution in [3.05, 3.63) is 94.8 Å². The molecule has 0 bridgehead atoms. The Morgan fingerprint density at radius 1 is 1.06 bits per heavy atom. The van der Waals surface area contributed by atoms with Gasteiger partial charge in [0.1, 0.15) is 11.6 Å². The first-order valence-corrected chi connectivity index (χ1v) is 11.6. The van der Waals surface area contributed by atoms with Crippen molar-refractivity contribution < 1.29 is 9.53 Å². The van der Waals surface area contributed by atoms with Crippen LogP contribution in [0, 0.1) is 6.92 Å². The van der Waals surface area contributed by atoms with E-state index in [1.54, 1.807) is 24.3 Å². The summed E-state index contributed by atoms with van der Waals surface area (Å²) in [6.07, 6.45) is 1.86. The summed E-state index contributed by atoms with van der Waals surface area (Å²) in [5.74, 6) is 1.60. The second-order valence-electron chi connectivity index (χ2n) is 8.14. The molecule has 1 aromatic heterocycles. The van der Waals surface area contributed by atoms with E-state index in [1.165, 1.54) is 0 Å². The Hall–Kier alpha value is -3.31. The molecule has 4 rings (SSSR count). The number of rotatable bonds is 9. The number of carbonyl (C=O) groups is 1.